The molecule has 2 rings (SSSR count). The summed E-state index contributed by atoms with van der Waals surface area (Å²) in [6.45, 7) is 11.4. The zero-order valence-electron chi connectivity index (χ0n) is 12.3. The summed E-state index contributed by atoms with van der Waals surface area (Å²) in [7, 11) is 9.87. The van der Waals surface area contributed by atoms with E-state index in [1.54, 1.807) is 5.56 Å². The Morgan fingerprint density at radius 3 is 1.95 bits per heavy atom. The van der Waals surface area contributed by atoms with Gasteiger partial charge in [-0.15, -0.1) is 0 Å². The summed E-state index contributed by atoms with van der Waals surface area (Å²) in [5.41, 5.74) is 7.64. The Morgan fingerprint density at radius 2 is 1.47 bits per heavy atom. The van der Waals surface area contributed by atoms with E-state index in [2.05, 4.69) is 52.8 Å². The fraction of sp³-hybridized carbons (Fsp3) is 0.500. The van der Waals surface area contributed by atoms with Crippen LogP contribution in [0.2, 0.25) is 0 Å². The molecule has 3 heteroatoms. The van der Waals surface area contributed by atoms with Crippen LogP contribution in [-0.4, -0.2) is 0 Å². The summed E-state index contributed by atoms with van der Waals surface area (Å²) in [6, 6.07) is 4.67. The molecule has 0 bridgehead atoms. The van der Waals surface area contributed by atoms with Crippen molar-refractivity contribution in [2.45, 2.75) is 52.9 Å². The first-order valence-corrected chi connectivity index (χ1v) is 13.0. The maximum absolute atomic E-state index is 4.93. The molecule has 0 saturated carbocycles. The summed E-state index contributed by atoms with van der Waals surface area (Å²) in [6.07, 6.45) is 3.54. The number of hydrogen-bond donors (Lipinski definition) is 0. The Hall–Kier alpha value is 0.423. The van der Waals surface area contributed by atoms with E-state index in [0.717, 1.165) is 6.42 Å². The molecule has 1 aliphatic rings. The minimum atomic E-state index is -0.826. The fourth-order valence-corrected chi connectivity index (χ4v) is 2.69. The van der Waals surface area contributed by atoms with Gasteiger partial charge in [0.1, 0.15) is 0 Å². The summed E-state index contributed by atoms with van der Waals surface area (Å²) < 4.78 is 0. The van der Waals surface area contributed by atoms with Crippen molar-refractivity contribution in [1.82, 2.24) is 0 Å². The Bertz CT molecular complexity index is 462. The SMILES string of the molecule is CC1=Cc2c(C(C)C)ccc(C(C)C)c2C1.[Cl][Zr][Cl]. The van der Waals surface area contributed by atoms with E-state index in [1.807, 2.05) is 0 Å². The van der Waals surface area contributed by atoms with Crippen LogP contribution < -0.4 is 0 Å². The van der Waals surface area contributed by atoms with Gasteiger partial charge in [0.15, 0.2) is 0 Å². The van der Waals surface area contributed by atoms with Crippen LogP contribution in [0.5, 0.6) is 0 Å². The number of rotatable bonds is 2. The summed E-state index contributed by atoms with van der Waals surface area (Å²) in [5, 5.41) is 0. The van der Waals surface area contributed by atoms with Gasteiger partial charge in [-0.05, 0) is 47.4 Å². The molecule has 0 heterocycles. The first-order valence-electron chi connectivity index (χ1n) is 6.71. The maximum atomic E-state index is 4.93. The topological polar surface area (TPSA) is 0 Å². The second-order valence-corrected chi connectivity index (χ2v) is 9.42. The van der Waals surface area contributed by atoms with Crippen LogP contribution in [0.15, 0.2) is 17.7 Å². The molecule has 104 valence electrons. The van der Waals surface area contributed by atoms with E-state index in [9.17, 15) is 0 Å². The normalized spacial score (nSPS) is 13.0. The molecule has 0 fully saturated rings. The van der Waals surface area contributed by atoms with Gasteiger partial charge >= 0.3 is 37.9 Å². The van der Waals surface area contributed by atoms with Crippen LogP contribution in [0.3, 0.4) is 0 Å². The van der Waals surface area contributed by atoms with Crippen molar-refractivity contribution in [3.63, 3.8) is 0 Å². The molecule has 1 aromatic rings. The quantitative estimate of drug-likeness (QED) is 0.571. The summed E-state index contributed by atoms with van der Waals surface area (Å²) in [4.78, 5) is 0. The van der Waals surface area contributed by atoms with Gasteiger partial charge in [0, 0.05) is 0 Å². The Kier molecular flexibility index (Phi) is 7.37. The number of allylic oxidation sites excluding steroid dienone is 1. The van der Waals surface area contributed by atoms with Crippen LogP contribution in [-0.2, 0) is 27.3 Å². The van der Waals surface area contributed by atoms with Gasteiger partial charge in [-0.1, -0.05) is 51.5 Å². The third kappa shape index (κ3) is 4.45. The molecule has 0 saturated heterocycles. The summed E-state index contributed by atoms with van der Waals surface area (Å²) >= 11 is -0.826. The number of halogens is 2. The second kappa shape index (κ2) is 8.01. The summed E-state index contributed by atoms with van der Waals surface area (Å²) in [5.74, 6) is 1.26. The molecule has 0 aromatic heterocycles. The van der Waals surface area contributed by atoms with E-state index in [-0.39, 0.29) is 0 Å². The van der Waals surface area contributed by atoms with Crippen LogP contribution in [0.25, 0.3) is 6.08 Å². The van der Waals surface area contributed by atoms with Gasteiger partial charge in [0.2, 0.25) is 0 Å². The van der Waals surface area contributed by atoms with Crippen molar-refractivity contribution in [1.29, 1.82) is 0 Å². The predicted octanol–water partition coefficient (Wildman–Crippen LogP) is 6.27. The van der Waals surface area contributed by atoms with Crippen LogP contribution in [0.4, 0.5) is 0 Å². The average molecular weight is 376 g/mol. The molecule has 1 aromatic carbocycles. The zero-order chi connectivity index (χ0) is 14.6. The molecule has 0 radical (unpaired) electrons. The van der Waals surface area contributed by atoms with E-state index >= 15 is 0 Å². The molecule has 19 heavy (non-hydrogen) atoms. The third-order valence-electron chi connectivity index (χ3n) is 3.52. The van der Waals surface area contributed by atoms with Gasteiger partial charge in [0.25, 0.3) is 0 Å². The van der Waals surface area contributed by atoms with Crippen molar-refractivity contribution in [3.8, 4) is 0 Å². The molecule has 0 nitrogen and oxygen atoms in total. The van der Waals surface area contributed by atoms with Crippen molar-refractivity contribution in [2.24, 2.45) is 0 Å². The van der Waals surface area contributed by atoms with E-state index < -0.39 is 20.8 Å². The molecule has 0 aliphatic heterocycles. The van der Waals surface area contributed by atoms with Gasteiger partial charge in [0.05, 0.1) is 0 Å². The van der Waals surface area contributed by atoms with Gasteiger partial charge in [-0.3, -0.25) is 0 Å². The number of benzene rings is 1. The third-order valence-corrected chi connectivity index (χ3v) is 3.52. The van der Waals surface area contributed by atoms with Crippen LogP contribution >= 0.6 is 17.0 Å². The molecular weight excluding hydrogens is 354 g/mol. The average Bonchev–Trinajstić information content (AvgIpc) is 2.68. The minimum absolute atomic E-state index is 0.622. The zero-order valence-corrected chi connectivity index (χ0v) is 16.3. The first-order chi connectivity index (χ1) is 8.92. The Morgan fingerprint density at radius 1 is 1.00 bits per heavy atom. The van der Waals surface area contributed by atoms with E-state index in [1.165, 1.54) is 22.3 Å². The first kappa shape index (κ1) is 17.5. The number of fused-ring (bicyclic) bond motifs is 1. The van der Waals surface area contributed by atoms with Crippen molar-refractivity contribution < 1.29 is 20.8 Å². The molecule has 0 N–H and O–H groups in total. The van der Waals surface area contributed by atoms with Crippen molar-refractivity contribution in [2.75, 3.05) is 0 Å². The molecule has 0 unspecified atom stereocenters. The molecule has 0 spiro atoms. The monoisotopic (exact) mass is 374 g/mol. The Labute approximate surface area is 136 Å². The van der Waals surface area contributed by atoms with Crippen molar-refractivity contribution in [3.05, 3.63) is 40.0 Å². The molecule has 0 atom stereocenters. The number of hydrogen-bond acceptors (Lipinski definition) is 0. The molecule has 0 amide bonds. The van der Waals surface area contributed by atoms with Gasteiger partial charge in [-0.25, -0.2) is 0 Å². The fourth-order valence-electron chi connectivity index (χ4n) is 2.69. The second-order valence-electron chi connectivity index (χ2n) is 5.68. The molecule has 1 aliphatic carbocycles. The molecular formula is C16H22Cl2Zr. The standard InChI is InChI=1S/C16H22.2ClH.Zr/c1-10(2)13-6-7-14(11(3)4)16-9-12(5)8-15(13)16;;;/h6-8,10-11H,9H2,1-5H3;2*1H;/q;;;+2/p-2. The van der Waals surface area contributed by atoms with Crippen molar-refractivity contribution >= 4 is 23.1 Å². The van der Waals surface area contributed by atoms with Crippen LogP contribution in [0.1, 0.15) is 68.7 Å². The predicted molar refractivity (Wildman–Crippen MR) is 83.7 cm³/mol. The van der Waals surface area contributed by atoms with E-state index in [4.69, 9.17) is 17.0 Å². The van der Waals surface area contributed by atoms with Gasteiger partial charge < -0.3 is 0 Å². The van der Waals surface area contributed by atoms with E-state index in [0.29, 0.717) is 11.8 Å². The Balaban J connectivity index is 0.000000550. The van der Waals surface area contributed by atoms with Crippen LogP contribution in [0, 0.1) is 0 Å². The van der Waals surface area contributed by atoms with Gasteiger partial charge in [-0.2, -0.15) is 0 Å².